The summed E-state index contributed by atoms with van der Waals surface area (Å²) in [6.45, 7) is 5.61. The van der Waals surface area contributed by atoms with E-state index < -0.39 is 35.8 Å². The largest absolute Gasteiger partial charge is 0.501 e. The molecule has 0 aliphatic heterocycles. The molecule has 0 atom stereocenters. The van der Waals surface area contributed by atoms with E-state index in [4.69, 9.17) is 4.74 Å². The highest BCUT2D eigenvalue weighted by atomic mass is 19.4. The lowest BCUT2D eigenvalue weighted by molar-refractivity contribution is -0.165. The molecule has 0 spiro atoms. The molecule has 0 aliphatic carbocycles. The molecule has 0 fully saturated rings. The molecular formula is C32H31F6NO7. The summed E-state index contributed by atoms with van der Waals surface area (Å²) in [6.07, 6.45) is -8.47. The minimum atomic E-state index is -4.80. The van der Waals surface area contributed by atoms with Gasteiger partial charge in [-0.25, -0.2) is 9.78 Å². The molecule has 0 amide bonds. The van der Waals surface area contributed by atoms with E-state index in [2.05, 4.69) is 14.5 Å². The van der Waals surface area contributed by atoms with Crippen LogP contribution in [0.2, 0.25) is 0 Å². The van der Waals surface area contributed by atoms with Crippen LogP contribution in [0.1, 0.15) is 53.6 Å². The second kappa shape index (κ2) is 19.4. The molecule has 1 aromatic heterocycles. The highest BCUT2D eigenvalue weighted by molar-refractivity contribution is 6.05. The van der Waals surface area contributed by atoms with Crippen molar-refractivity contribution in [3.05, 3.63) is 102 Å². The quantitative estimate of drug-likeness (QED) is 0.0554. The number of esters is 2. The van der Waals surface area contributed by atoms with Crippen molar-refractivity contribution in [1.29, 1.82) is 0 Å². The molecule has 46 heavy (non-hydrogen) atoms. The molecule has 0 aliphatic rings. The van der Waals surface area contributed by atoms with Crippen LogP contribution in [0.15, 0.2) is 85.1 Å². The lowest BCUT2D eigenvalue weighted by atomic mass is 10.1. The first kappa shape index (κ1) is 39.0. The van der Waals surface area contributed by atoms with Crippen molar-refractivity contribution < 1.29 is 59.7 Å². The number of allylic oxidation sites excluding steroid dienone is 1. The van der Waals surface area contributed by atoms with Crippen LogP contribution < -0.4 is 0 Å². The molecule has 0 unspecified atom stereocenters. The fourth-order valence-corrected chi connectivity index (χ4v) is 3.18. The number of pyridine rings is 1. The van der Waals surface area contributed by atoms with Crippen molar-refractivity contribution in [2.45, 2.75) is 39.5 Å². The van der Waals surface area contributed by atoms with Crippen LogP contribution in [0.3, 0.4) is 0 Å². The van der Waals surface area contributed by atoms with E-state index in [9.17, 15) is 45.5 Å². The highest BCUT2D eigenvalue weighted by Gasteiger charge is 2.36. The Balaban J connectivity index is 0.000000369. The number of hydrogen-bond acceptors (Lipinski definition) is 8. The standard InChI is InChI=1S/C15H12F3NO2.C11H12O3.C6H7F3O2/c1-2-21-14(20)11-8-9-12(15(16,17)18)19-13(11)10-6-4-3-5-7-10;1-2-14-11(13)8-10(12)9-6-4-3-5-7-9;1-2-11-4-3-5(10)6(7,8)9/h3-9H,2H2,1H3;3-7H,2,8H2,1H3;3-4H,2H2,1H3/b;;4-3+. The van der Waals surface area contributed by atoms with Crippen molar-refractivity contribution in [1.82, 2.24) is 4.98 Å². The number of carbonyl (C=O) groups excluding carboxylic acids is 4. The Kier molecular flexibility index (Phi) is 16.4. The van der Waals surface area contributed by atoms with E-state index in [-0.39, 0.29) is 36.7 Å². The summed E-state index contributed by atoms with van der Waals surface area (Å²) in [4.78, 5) is 47.9. The number of Topliss-reactive ketones (excluding diaryl/α,β-unsaturated/α-hetero) is 1. The minimum Gasteiger partial charge on any atom is -0.501 e. The topological polar surface area (TPSA) is 109 Å². The maximum absolute atomic E-state index is 12.8. The third-order valence-electron chi connectivity index (χ3n) is 5.20. The first-order chi connectivity index (χ1) is 21.6. The summed E-state index contributed by atoms with van der Waals surface area (Å²) in [5.41, 5.74) is -0.110. The minimum absolute atomic E-state index is 0.0102. The first-order valence-corrected chi connectivity index (χ1v) is 13.6. The van der Waals surface area contributed by atoms with E-state index in [0.717, 1.165) is 18.4 Å². The summed E-state index contributed by atoms with van der Waals surface area (Å²) in [7, 11) is 0. The number of ether oxygens (including phenoxy) is 3. The van der Waals surface area contributed by atoms with E-state index in [1.54, 1.807) is 75.4 Å². The maximum Gasteiger partial charge on any atom is 0.454 e. The average Bonchev–Trinajstić information content (AvgIpc) is 3.01. The number of nitrogens with zero attached hydrogens (tertiary/aromatic N) is 1. The summed E-state index contributed by atoms with van der Waals surface area (Å²) in [5, 5.41) is 0. The monoisotopic (exact) mass is 655 g/mol. The van der Waals surface area contributed by atoms with Gasteiger partial charge in [0, 0.05) is 17.2 Å². The van der Waals surface area contributed by atoms with Crippen LogP contribution in [-0.4, -0.2) is 54.5 Å². The summed E-state index contributed by atoms with van der Waals surface area (Å²) < 4.78 is 86.5. The Morgan fingerprint density at radius 3 is 1.80 bits per heavy atom. The Hall–Kier alpha value is -5.01. The molecule has 0 saturated heterocycles. The highest BCUT2D eigenvalue weighted by Crippen LogP contribution is 2.31. The van der Waals surface area contributed by atoms with Crippen molar-refractivity contribution >= 4 is 23.5 Å². The van der Waals surface area contributed by atoms with Gasteiger partial charge in [0.05, 0.1) is 37.3 Å². The molecule has 0 N–H and O–H groups in total. The predicted octanol–water partition coefficient (Wildman–Crippen LogP) is 7.43. The van der Waals surface area contributed by atoms with Gasteiger partial charge in [-0.15, -0.1) is 0 Å². The molecule has 0 saturated carbocycles. The third-order valence-corrected chi connectivity index (χ3v) is 5.20. The Morgan fingerprint density at radius 2 is 1.30 bits per heavy atom. The number of aromatic nitrogens is 1. The van der Waals surface area contributed by atoms with Gasteiger partial charge in [0.15, 0.2) is 5.78 Å². The lowest BCUT2D eigenvalue weighted by Gasteiger charge is -2.12. The Bertz CT molecular complexity index is 1440. The van der Waals surface area contributed by atoms with Crippen molar-refractivity contribution in [3.63, 3.8) is 0 Å². The number of carbonyl (C=O) groups is 4. The lowest BCUT2D eigenvalue weighted by Crippen LogP contribution is -2.19. The van der Waals surface area contributed by atoms with Gasteiger partial charge < -0.3 is 14.2 Å². The molecule has 3 rings (SSSR count). The smallest absolute Gasteiger partial charge is 0.454 e. The van der Waals surface area contributed by atoms with Gasteiger partial charge in [0.2, 0.25) is 0 Å². The van der Waals surface area contributed by atoms with Crippen LogP contribution in [0.25, 0.3) is 11.3 Å². The number of rotatable bonds is 10. The number of halogens is 6. The van der Waals surface area contributed by atoms with Crippen LogP contribution in [-0.2, 0) is 30.0 Å². The normalized spacial score (nSPS) is 10.9. The van der Waals surface area contributed by atoms with Crippen LogP contribution >= 0.6 is 0 Å². The van der Waals surface area contributed by atoms with Crippen molar-refractivity contribution in [2.24, 2.45) is 0 Å². The number of alkyl halides is 6. The second-order valence-corrected chi connectivity index (χ2v) is 8.57. The summed E-state index contributed by atoms with van der Waals surface area (Å²) >= 11 is 0. The zero-order chi connectivity index (χ0) is 34.8. The SMILES string of the molecule is CCO/C=C/C(=O)C(F)(F)F.CCOC(=O)CC(=O)c1ccccc1.CCOC(=O)c1ccc(C(F)(F)F)nc1-c1ccccc1. The van der Waals surface area contributed by atoms with E-state index >= 15 is 0 Å². The molecule has 3 aromatic rings. The maximum atomic E-state index is 12.8. The zero-order valence-corrected chi connectivity index (χ0v) is 25.0. The fraction of sp³-hybridized carbons (Fsp3) is 0.281. The molecule has 2 aromatic carbocycles. The van der Waals surface area contributed by atoms with Crippen molar-refractivity contribution in [2.75, 3.05) is 19.8 Å². The van der Waals surface area contributed by atoms with Gasteiger partial charge in [0.1, 0.15) is 12.1 Å². The molecule has 1 heterocycles. The molecule has 0 bridgehead atoms. The van der Waals surface area contributed by atoms with Crippen LogP contribution in [0.4, 0.5) is 26.3 Å². The molecule has 8 nitrogen and oxygen atoms in total. The van der Waals surface area contributed by atoms with Gasteiger partial charge >= 0.3 is 24.3 Å². The molecule has 14 heteroatoms. The molecular weight excluding hydrogens is 624 g/mol. The van der Waals surface area contributed by atoms with Crippen LogP contribution in [0.5, 0.6) is 0 Å². The van der Waals surface area contributed by atoms with Gasteiger partial charge in [0.25, 0.3) is 5.78 Å². The van der Waals surface area contributed by atoms with Gasteiger partial charge in [-0.2, -0.15) is 26.3 Å². The average molecular weight is 656 g/mol. The van der Waals surface area contributed by atoms with E-state index in [0.29, 0.717) is 23.8 Å². The number of ketones is 2. The Morgan fingerprint density at radius 1 is 0.739 bits per heavy atom. The van der Waals surface area contributed by atoms with E-state index in [1.165, 1.54) is 0 Å². The van der Waals surface area contributed by atoms with Gasteiger partial charge in [-0.3, -0.25) is 14.4 Å². The van der Waals surface area contributed by atoms with Crippen molar-refractivity contribution in [3.8, 4) is 11.3 Å². The summed E-state index contributed by atoms with van der Waals surface area (Å²) in [5.74, 6) is -3.28. The first-order valence-electron chi connectivity index (χ1n) is 13.6. The summed E-state index contributed by atoms with van der Waals surface area (Å²) in [6, 6.07) is 18.8. The second-order valence-electron chi connectivity index (χ2n) is 8.57. The Labute approximate surface area is 261 Å². The number of hydrogen-bond donors (Lipinski definition) is 0. The molecule has 0 radical (unpaired) electrons. The third kappa shape index (κ3) is 14.2. The van der Waals surface area contributed by atoms with Crippen LogP contribution in [0, 0.1) is 0 Å². The number of benzene rings is 2. The van der Waals surface area contributed by atoms with E-state index in [1.807, 2.05) is 6.07 Å². The molecule has 248 valence electrons. The van der Waals surface area contributed by atoms with Gasteiger partial charge in [-0.05, 0) is 32.9 Å². The fourth-order valence-electron chi connectivity index (χ4n) is 3.18. The zero-order valence-electron chi connectivity index (χ0n) is 25.0. The van der Waals surface area contributed by atoms with Gasteiger partial charge in [-0.1, -0.05) is 60.7 Å². The predicted molar refractivity (Wildman–Crippen MR) is 154 cm³/mol.